The fourth-order valence-electron chi connectivity index (χ4n) is 5.90. The third-order valence-corrected chi connectivity index (χ3v) is 9.25. The number of nitrogens with zero attached hydrogens (tertiary/aromatic N) is 1. The predicted octanol–water partition coefficient (Wildman–Crippen LogP) is 1.96. The molecule has 1 spiro atoms. The number of carbonyl (C=O) groups excluding carboxylic acids is 3. The monoisotopic (exact) mass is 440 g/mol. The first-order valence-corrected chi connectivity index (χ1v) is 12.2. The normalized spacial score (nSPS) is 36.5. The van der Waals surface area contributed by atoms with Gasteiger partial charge >= 0.3 is 5.97 Å². The van der Waals surface area contributed by atoms with Gasteiger partial charge in [-0.05, 0) is 39.0 Å². The lowest BCUT2D eigenvalue weighted by molar-refractivity contribution is -0.154. The van der Waals surface area contributed by atoms with Crippen molar-refractivity contribution < 1.29 is 24.2 Å². The maximum absolute atomic E-state index is 13.7. The standard InChI is InChI=1S/C22H36N2O5S/c1-6-9-13(5)23-19(26)18-22-12(4)10-15(30-22)16(21(28)29-8-3)17(22)20(27)24(18)14(7-2)11-25/h12-18,25H,6-11H2,1-5H3,(H,23,26)/t12?,13?,14-,15-,16+,17-,18?,22?/m0/s1. The van der Waals surface area contributed by atoms with E-state index in [-0.39, 0.29) is 48.2 Å². The molecule has 3 heterocycles. The number of aliphatic hydroxyl groups is 1. The van der Waals surface area contributed by atoms with Crippen LogP contribution in [0.15, 0.2) is 0 Å². The van der Waals surface area contributed by atoms with E-state index in [2.05, 4.69) is 19.2 Å². The summed E-state index contributed by atoms with van der Waals surface area (Å²) in [5.41, 5.74) is 0. The molecule has 2 amide bonds. The molecule has 3 fully saturated rings. The van der Waals surface area contributed by atoms with Crippen molar-refractivity contribution in [1.29, 1.82) is 0 Å². The van der Waals surface area contributed by atoms with E-state index >= 15 is 0 Å². The summed E-state index contributed by atoms with van der Waals surface area (Å²) in [4.78, 5) is 41.7. The van der Waals surface area contributed by atoms with Gasteiger partial charge in [0.15, 0.2) is 0 Å². The molecule has 30 heavy (non-hydrogen) atoms. The molecule has 8 heteroatoms. The third kappa shape index (κ3) is 3.44. The number of ether oxygens (including phenoxy) is 1. The molecule has 2 N–H and O–H groups in total. The minimum absolute atomic E-state index is 0.00358. The molecule has 3 rings (SSSR count). The lowest BCUT2D eigenvalue weighted by Crippen LogP contribution is -2.59. The van der Waals surface area contributed by atoms with Crippen LogP contribution in [0, 0.1) is 17.8 Å². The number of hydrogen-bond donors (Lipinski definition) is 2. The number of hydrogen-bond acceptors (Lipinski definition) is 6. The van der Waals surface area contributed by atoms with E-state index in [1.54, 1.807) is 23.6 Å². The summed E-state index contributed by atoms with van der Waals surface area (Å²) in [5.74, 6) is -1.66. The smallest absolute Gasteiger partial charge is 0.310 e. The quantitative estimate of drug-likeness (QED) is 0.532. The highest BCUT2D eigenvalue weighted by Gasteiger charge is 2.76. The van der Waals surface area contributed by atoms with Gasteiger partial charge in [0.1, 0.15) is 6.04 Å². The van der Waals surface area contributed by atoms with Crippen LogP contribution in [0.4, 0.5) is 0 Å². The number of esters is 1. The van der Waals surface area contributed by atoms with E-state index in [1.807, 2.05) is 13.8 Å². The van der Waals surface area contributed by atoms with Gasteiger partial charge in [0.05, 0.1) is 35.8 Å². The minimum atomic E-state index is -0.684. The van der Waals surface area contributed by atoms with Crippen LogP contribution in [0.5, 0.6) is 0 Å². The molecular weight excluding hydrogens is 404 g/mol. The van der Waals surface area contributed by atoms with Crippen molar-refractivity contribution in [2.24, 2.45) is 17.8 Å². The SMILES string of the molecule is CCCC(C)NC(=O)C1N([C@@H](CC)CO)C(=O)[C@@H]2[C@H](C(=O)OCC)[C@@H]3CC(C)C12S3. The Kier molecular flexibility index (Phi) is 7.07. The summed E-state index contributed by atoms with van der Waals surface area (Å²) in [6.45, 7) is 9.88. The van der Waals surface area contributed by atoms with Gasteiger partial charge in [0.25, 0.3) is 0 Å². The summed E-state index contributed by atoms with van der Waals surface area (Å²) in [7, 11) is 0. The van der Waals surface area contributed by atoms with E-state index in [0.717, 1.165) is 19.3 Å². The van der Waals surface area contributed by atoms with Crippen LogP contribution < -0.4 is 5.32 Å². The van der Waals surface area contributed by atoms with E-state index in [1.165, 1.54) is 0 Å². The average molecular weight is 441 g/mol. The van der Waals surface area contributed by atoms with Crippen LogP contribution in [-0.4, -0.2) is 69.1 Å². The van der Waals surface area contributed by atoms with Gasteiger partial charge in [-0.2, -0.15) is 0 Å². The number of rotatable bonds is 9. The van der Waals surface area contributed by atoms with Crippen LogP contribution in [0.1, 0.15) is 60.3 Å². The zero-order valence-corrected chi connectivity index (χ0v) is 19.5. The number of fused-ring (bicyclic) bond motifs is 1. The van der Waals surface area contributed by atoms with Gasteiger partial charge in [-0.1, -0.05) is 27.2 Å². The molecule has 8 atom stereocenters. The second kappa shape index (κ2) is 9.07. The number of amides is 2. The summed E-state index contributed by atoms with van der Waals surface area (Å²) in [6.07, 6.45) is 3.15. The highest BCUT2D eigenvalue weighted by atomic mass is 32.2. The van der Waals surface area contributed by atoms with Gasteiger partial charge in [-0.25, -0.2) is 0 Å². The highest BCUT2D eigenvalue weighted by Crippen LogP contribution is 2.68. The number of carbonyl (C=O) groups is 3. The first kappa shape index (κ1) is 23.4. The van der Waals surface area contributed by atoms with Gasteiger partial charge in [-0.15, -0.1) is 11.8 Å². The molecule has 3 aliphatic rings. The van der Waals surface area contributed by atoms with Crippen LogP contribution in [0.2, 0.25) is 0 Å². The van der Waals surface area contributed by atoms with Crippen molar-refractivity contribution in [3.63, 3.8) is 0 Å². The Balaban J connectivity index is 2.04. The fraction of sp³-hybridized carbons (Fsp3) is 0.864. The number of likely N-dealkylation sites (tertiary alicyclic amines) is 1. The Hall–Kier alpha value is -1.28. The van der Waals surface area contributed by atoms with E-state index in [9.17, 15) is 19.5 Å². The Labute approximate surface area is 183 Å². The van der Waals surface area contributed by atoms with Crippen molar-refractivity contribution in [1.82, 2.24) is 10.2 Å². The first-order valence-electron chi connectivity index (χ1n) is 11.4. The van der Waals surface area contributed by atoms with Crippen LogP contribution >= 0.6 is 11.8 Å². The largest absolute Gasteiger partial charge is 0.466 e. The Morgan fingerprint density at radius 3 is 2.63 bits per heavy atom. The van der Waals surface area contributed by atoms with Crippen LogP contribution in [-0.2, 0) is 19.1 Å². The summed E-state index contributed by atoms with van der Waals surface area (Å²) >= 11 is 1.64. The highest BCUT2D eigenvalue weighted by molar-refractivity contribution is 8.02. The molecule has 0 radical (unpaired) electrons. The van der Waals surface area contributed by atoms with Gasteiger partial charge < -0.3 is 20.1 Å². The average Bonchev–Trinajstić information content (AvgIpc) is 3.27. The van der Waals surface area contributed by atoms with Crippen molar-refractivity contribution in [3.8, 4) is 0 Å². The number of aliphatic hydroxyl groups excluding tert-OH is 1. The molecule has 0 saturated carbocycles. The van der Waals surface area contributed by atoms with Gasteiger partial charge in [0, 0.05) is 11.3 Å². The Morgan fingerprint density at radius 2 is 2.07 bits per heavy atom. The molecule has 170 valence electrons. The second-order valence-electron chi connectivity index (χ2n) is 8.99. The van der Waals surface area contributed by atoms with E-state index < -0.39 is 28.7 Å². The summed E-state index contributed by atoms with van der Waals surface area (Å²) in [6, 6.07) is -1.12. The van der Waals surface area contributed by atoms with Crippen molar-refractivity contribution in [2.75, 3.05) is 13.2 Å². The van der Waals surface area contributed by atoms with Crippen LogP contribution in [0.3, 0.4) is 0 Å². The molecular formula is C22H36N2O5S. The van der Waals surface area contributed by atoms with Crippen molar-refractivity contribution in [3.05, 3.63) is 0 Å². The van der Waals surface area contributed by atoms with Crippen molar-refractivity contribution >= 4 is 29.5 Å². The summed E-state index contributed by atoms with van der Waals surface area (Å²) in [5, 5.41) is 13.1. The maximum Gasteiger partial charge on any atom is 0.310 e. The maximum atomic E-state index is 13.7. The number of thioether (sulfide) groups is 1. The summed E-state index contributed by atoms with van der Waals surface area (Å²) < 4.78 is 4.68. The molecule has 0 aromatic carbocycles. The number of nitrogens with one attached hydrogen (secondary N) is 1. The zero-order chi connectivity index (χ0) is 22.2. The van der Waals surface area contributed by atoms with Gasteiger partial charge in [-0.3, -0.25) is 14.4 Å². The third-order valence-electron chi connectivity index (χ3n) is 7.18. The lowest BCUT2D eigenvalue weighted by atomic mass is 9.66. The van der Waals surface area contributed by atoms with E-state index in [4.69, 9.17) is 4.74 Å². The molecule has 0 aliphatic carbocycles. The topological polar surface area (TPSA) is 95.9 Å². The van der Waals surface area contributed by atoms with Gasteiger partial charge in [0.2, 0.25) is 11.8 Å². The fourth-order valence-corrected chi connectivity index (χ4v) is 8.30. The second-order valence-corrected chi connectivity index (χ2v) is 10.5. The predicted molar refractivity (Wildman–Crippen MR) is 116 cm³/mol. The first-order chi connectivity index (χ1) is 14.3. The Morgan fingerprint density at radius 1 is 1.37 bits per heavy atom. The van der Waals surface area contributed by atoms with Crippen molar-refractivity contribution in [2.45, 2.75) is 88.4 Å². The lowest BCUT2D eigenvalue weighted by Gasteiger charge is -2.40. The molecule has 0 aromatic heterocycles. The van der Waals surface area contributed by atoms with Crippen LogP contribution in [0.25, 0.3) is 0 Å². The Bertz CT molecular complexity index is 684. The van der Waals surface area contributed by atoms with E-state index in [0.29, 0.717) is 6.42 Å². The molecule has 2 bridgehead atoms. The molecule has 3 aliphatic heterocycles. The molecule has 0 aromatic rings. The molecule has 7 nitrogen and oxygen atoms in total. The zero-order valence-electron chi connectivity index (χ0n) is 18.7. The molecule has 3 saturated heterocycles. The molecule has 4 unspecified atom stereocenters. The minimum Gasteiger partial charge on any atom is -0.466 e.